The first-order valence-corrected chi connectivity index (χ1v) is 7.48. The molecular weight excluding hydrogens is 300 g/mol. The van der Waals surface area contributed by atoms with Crippen LogP contribution in [0.25, 0.3) is 0 Å². The van der Waals surface area contributed by atoms with Crippen LogP contribution >= 0.6 is 11.6 Å². The molecule has 0 fully saturated rings. The molecule has 0 atom stereocenters. The number of benzene rings is 1. The van der Waals surface area contributed by atoms with Gasteiger partial charge in [0.2, 0.25) is 0 Å². The number of hydrogen-bond acceptors (Lipinski definition) is 5. The van der Waals surface area contributed by atoms with Crippen molar-refractivity contribution in [2.45, 2.75) is 6.54 Å². The minimum Gasteiger partial charge on any atom is -0.497 e. The molecule has 0 radical (unpaired) electrons. The molecule has 1 heterocycles. The molecule has 2 aromatic rings. The van der Waals surface area contributed by atoms with Crippen LogP contribution in [0.3, 0.4) is 0 Å². The molecule has 0 bridgehead atoms. The van der Waals surface area contributed by atoms with Crippen LogP contribution in [0.2, 0.25) is 5.15 Å². The van der Waals surface area contributed by atoms with E-state index in [4.69, 9.17) is 16.3 Å². The Kier molecular flexibility index (Phi) is 5.98. The smallest absolute Gasteiger partial charge is 0.151 e. The molecule has 6 heteroatoms. The molecule has 2 rings (SSSR count). The second-order valence-corrected chi connectivity index (χ2v) is 5.68. The zero-order valence-electron chi connectivity index (χ0n) is 13.2. The van der Waals surface area contributed by atoms with E-state index >= 15 is 0 Å². The van der Waals surface area contributed by atoms with Crippen LogP contribution in [0.4, 0.5) is 5.82 Å². The van der Waals surface area contributed by atoms with Gasteiger partial charge >= 0.3 is 0 Å². The molecule has 0 saturated heterocycles. The van der Waals surface area contributed by atoms with Crippen LogP contribution < -0.4 is 9.64 Å². The Morgan fingerprint density at radius 1 is 1.09 bits per heavy atom. The summed E-state index contributed by atoms with van der Waals surface area (Å²) in [6, 6.07) is 11.7. The van der Waals surface area contributed by atoms with Gasteiger partial charge in [0, 0.05) is 19.6 Å². The van der Waals surface area contributed by atoms with Gasteiger partial charge in [-0.25, -0.2) is 0 Å². The number of likely N-dealkylation sites (N-methyl/N-ethyl adjacent to an activating group) is 1. The lowest BCUT2D eigenvalue weighted by Gasteiger charge is -2.25. The second kappa shape index (κ2) is 7.96. The molecule has 5 nitrogen and oxygen atoms in total. The van der Waals surface area contributed by atoms with Gasteiger partial charge in [-0.3, -0.25) is 0 Å². The third-order valence-corrected chi connectivity index (χ3v) is 3.47. The maximum absolute atomic E-state index is 5.83. The Bertz CT molecular complexity index is 589. The molecule has 1 aromatic heterocycles. The van der Waals surface area contributed by atoms with Gasteiger partial charge in [-0.15, -0.1) is 10.2 Å². The van der Waals surface area contributed by atoms with Crippen molar-refractivity contribution in [1.29, 1.82) is 0 Å². The van der Waals surface area contributed by atoms with E-state index in [1.165, 1.54) is 0 Å². The molecule has 0 amide bonds. The van der Waals surface area contributed by atoms with E-state index < -0.39 is 0 Å². The second-order valence-electron chi connectivity index (χ2n) is 5.29. The number of aromatic nitrogens is 2. The van der Waals surface area contributed by atoms with Crippen molar-refractivity contribution in [1.82, 2.24) is 15.1 Å². The number of anilines is 1. The van der Waals surface area contributed by atoms with Gasteiger partial charge < -0.3 is 14.5 Å². The molecule has 118 valence electrons. The highest BCUT2D eigenvalue weighted by molar-refractivity contribution is 6.29. The van der Waals surface area contributed by atoms with Crippen LogP contribution in [0.1, 0.15) is 5.56 Å². The highest BCUT2D eigenvalue weighted by atomic mass is 35.5. The largest absolute Gasteiger partial charge is 0.497 e. The fourth-order valence-electron chi connectivity index (χ4n) is 2.06. The van der Waals surface area contributed by atoms with Crippen molar-refractivity contribution in [3.63, 3.8) is 0 Å². The Balaban J connectivity index is 2.17. The number of halogens is 1. The summed E-state index contributed by atoms with van der Waals surface area (Å²) >= 11 is 5.83. The normalized spacial score (nSPS) is 10.8. The summed E-state index contributed by atoms with van der Waals surface area (Å²) in [6.07, 6.45) is 0. The summed E-state index contributed by atoms with van der Waals surface area (Å²) in [4.78, 5) is 4.32. The van der Waals surface area contributed by atoms with Crippen LogP contribution in [0, 0.1) is 0 Å². The standard InChI is InChI=1S/C16H21ClN4O/c1-20(2)9-10-21(16-8-7-15(17)18-19-16)12-13-5-4-6-14(11-13)22-3/h4-8,11H,9-10,12H2,1-3H3. The maximum atomic E-state index is 5.83. The summed E-state index contributed by atoms with van der Waals surface area (Å²) in [5, 5.41) is 8.53. The summed E-state index contributed by atoms with van der Waals surface area (Å²) in [7, 11) is 5.78. The maximum Gasteiger partial charge on any atom is 0.151 e. The zero-order chi connectivity index (χ0) is 15.9. The van der Waals surface area contributed by atoms with Crippen LogP contribution in [-0.4, -0.2) is 49.4 Å². The van der Waals surface area contributed by atoms with Crippen LogP contribution in [-0.2, 0) is 6.54 Å². The number of methoxy groups -OCH3 is 1. The average Bonchev–Trinajstić information content (AvgIpc) is 2.52. The first-order valence-electron chi connectivity index (χ1n) is 7.10. The topological polar surface area (TPSA) is 41.5 Å². The first kappa shape index (κ1) is 16.5. The molecule has 0 unspecified atom stereocenters. The summed E-state index contributed by atoms with van der Waals surface area (Å²) in [5.74, 6) is 1.67. The molecule has 0 N–H and O–H groups in total. The number of nitrogens with zero attached hydrogens (tertiary/aromatic N) is 4. The predicted octanol–water partition coefficient (Wildman–Crippen LogP) is 2.71. The molecule has 0 aliphatic heterocycles. The molecule has 0 saturated carbocycles. The SMILES string of the molecule is COc1cccc(CN(CCN(C)C)c2ccc(Cl)nn2)c1. The predicted molar refractivity (Wildman–Crippen MR) is 89.6 cm³/mol. The summed E-state index contributed by atoms with van der Waals surface area (Å²) in [5.41, 5.74) is 1.16. The fraction of sp³-hybridized carbons (Fsp3) is 0.375. The third-order valence-electron chi connectivity index (χ3n) is 3.27. The Morgan fingerprint density at radius 3 is 2.55 bits per heavy atom. The minimum atomic E-state index is 0.401. The van der Waals surface area contributed by atoms with Gasteiger partial charge in [-0.05, 0) is 43.9 Å². The molecule has 1 aromatic carbocycles. The zero-order valence-corrected chi connectivity index (χ0v) is 13.9. The first-order chi connectivity index (χ1) is 10.6. The van der Waals surface area contributed by atoms with Crippen molar-refractivity contribution in [2.24, 2.45) is 0 Å². The molecular formula is C16H21ClN4O. The quantitative estimate of drug-likeness (QED) is 0.784. The molecule has 22 heavy (non-hydrogen) atoms. The van der Waals surface area contributed by atoms with E-state index in [9.17, 15) is 0 Å². The van der Waals surface area contributed by atoms with Crippen LogP contribution in [0.15, 0.2) is 36.4 Å². The lowest BCUT2D eigenvalue weighted by atomic mass is 10.2. The highest BCUT2D eigenvalue weighted by Crippen LogP contribution is 2.18. The lowest BCUT2D eigenvalue weighted by molar-refractivity contribution is 0.410. The van der Waals surface area contributed by atoms with Gasteiger partial charge in [0.25, 0.3) is 0 Å². The van der Waals surface area contributed by atoms with Crippen molar-refractivity contribution in [2.75, 3.05) is 39.2 Å². The third kappa shape index (κ3) is 4.86. The van der Waals surface area contributed by atoms with E-state index in [0.717, 1.165) is 36.8 Å². The Hall–Kier alpha value is -1.85. The number of rotatable bonds is 7. The van der Waals surface area contributed by atoms with Crippen LogP contribution in [0.5, 0.6) is 5.75 Å². The number of hydrogen-bond donors (Lipinski definition) is 0. The number of ether oxygens (including phenoxy) is 1. The van der Waals surface area contributed by atoms with E-state index in [2.05, 4.69) is 40.2 Å². The van der Waals surface area contributed by atoms with Gasteiger partial charge in [0.05, 0.1) is 7.11 Å². The lowest BCUT2D eigenvalue weighted by Crippen LogP contribution is -2.32. The van der Waals surface area contributed by atoms with Crippen molar-refractivity contribution >= 4 is 17.4 Å². The fourth-order valence-corrected chi connectivity index (χ4v) is 2.16. The van der Waals surface area contributed by atoms with Gasteiger partial charge in [-0.1, -0.05) is 23.7 Å². The van der Waals surface area contributed by atoms with E-state index in [0.29, 0.717) is 5.15 Å². The van der Waals surface area contributed by atoms with Gasteiger partial charge in [-0.2, -0.15) is 0 Å². The van der Waals surface area contributed by atoms with Gasteiger partial charge in [0.1, 0.15) is 5.75 Å². The highest BCUT2D eigenvalue weighted by Gasteiger charge is 2.10. The van der Waals surface area contributed by atoms with Gasteiger partial charge in [0.15, 0.2) is 11.0 Å². The van der Waals surface area contributed by atoms with Crippen molar-refractivity contribution in [3.8, 4) is 5.75 Å². The van der Waals surface area contributed by atoms with Crippen molar-refractivity contribution < 1.29 is 4.74 Å². The summed E-state index contributed by atoms with van der Waals surface area (Å²) < 4.78 is 5.28. The average molecular weight is 321 g/mol. The Morgan fingerprint density at radius 2 is 1.91 bits per heavy atom. The van der Waals surface area contributed by atoms with Crippen molar-refractivity contribution in [3.05, 3.63) is 47.1 Å². The monoisotopic (exact) mass is 320 g/mol. The molecule has 0 spiro atoms. The summed E-state index contributed by atoms with van der Waals surface area (Å²) in [6.45, 7) is 2.51. The van der Waals surface area contributed by atoms with E-state index in [1.807, 2.05) is 24.3 Å². The molecule has 0 aliphatic rings. The van der Waals surface area contributed by atoms with E-state index in [-0.39, 0.29) is 0 Å². The minimum absolute atomic E-state index is 0.401. The Labute approximate surface area is 136 Å². The molecule has 0 aliphatic carbocycles. The van der Waals surface area contributed by atoms with E-state index in [1.54, 1.807) is 13.2 Å².